The van der Waals surface area contributed by atoms with E-state index in [0.29, 0.717) is 16.2 Å². The summed E-state index contributed by atoms with van der Waals surface area (Å²) < 4.78 is 42.2. The molecule has 0 fully saturated rings. The van der Waals surface area contributed by atoms with Crippen LogP contribution in [0.1, 0.15) is 47.2 Å². The van der Waals surface area contributed by atoms with Crippen LogP contribution in [0.25, 0.3) is 5.65 Å². The highest BCUT2D eigenvalue weighted by molar-refractivity contribution is 7.16. The number of urea groups is 1. The first-order valence-corrected chi connectivity index (χ1v) is 12.1. The zero-order chi connectivity index (χ0) is 26.7. The summed E-state index contributed by atoms with van der Waals surface area (Å²) in [7, 11) is 3.37. The fraction of sp³-hybridized carbons (Fsp3) is 0.280. The molecule has 0 radical (unpaired) electrons. The average molecular weight is 528 g/mol. The Morgan fingerprint density at radius 1 is 1.11 bits per heavy atom. The maximum Gasteiger partial charge on any atom is 0.416 e. The molecule has 0 aliphatic carbocycles. The molecule has 12 heteroatoms. The topological polar surface area (TPSA) is 87.4 Å². The van der Waals surface area contributed by atoms with Crippen LogP contribution in [0.4, 0.5) is 28.8 Å². The van der Waals surface area contributed by atoms with Gasteiger partial charge in [-0.25, -0.2) is 19.3 Å². The summed E-state index contributed by atoms with van der Waals surface area (Å²) in [6.07, 6.45) is -1.41. The number of hydrogen-bond donors (Lipinski definition) is 2. The molecule has 1 aromatic carbocycles. The predicted octanol–water partition coefficient (Wildman–Crippen LogP) is 5.43. The number of hydrogen-bond acceptors (Lipinski definition) is 6. The van der Waals surface area contributed by atoms with E-state index in [0.717, 1.165) is 23.1 Å². The van der Waals surface area contributed by atoms with Crippen molar-refractivity contribution >= 4 is 33.8 Å². The van der Waals surface area contributed by atoms with Crippen LogP contribution in [0.5, 0.6) is 0 Å². The summed E-state index contributed by atoms with van der Waals surface area (Å²) in [6.45, 7) is 4.22. The number of nitrogens with one attached hydrogen (secondary N) is 2. The molecule has 0 atom stereocenters. The molecule has 37 heavy (non-hydrogen) atoms. The molecule has 192 valence electrons. The van der Waals surface area contributed by atoms with Gasteiger partial charge in [-0.3, -0.25) is 5.32 Å². The maximum atomic E-state index is 13.5. The Hall–Kier alpha value is -3.95. The van der Waals surface area contributed by atoms with Crippen molar-refractivity contribution in [3.05, 3.63) is 70.1 Å². The first kappa shape index (κ1) is 26.1. The van der Waals surface area contributed by atoms with Crippen LogP contribution < -0.4 is 10.6 Å². The van der Waals surface area contributed by atoms with Crippen molar-refractivity contribution in [1.82, 2.24) is 24.5 Å². The molecule has 0 spiro atoms. The quantitative estimate of drug-likeness (QED) is 0.338. The number of imidazole rings is 1. The van der Waals surface area contributed by atoms with Crippen molar-refractivity contribution in [3.63, 3.8) is 0 Å². The molecular formula is C25H24F3N7OS. The molecular weight excluding hydrogens is 503 g/mol. The van der Waals surface area contributed by atoms with Crippen molar-refractivity contribution in [3.8, 4) is 11.8 Å². The minimum absolute atomic E-state index is 0.0183. The van der Waals surface area contributed by atoms with E-state index >= 15 is 0 Å². The van der Waals surface area contributed by atoms with Crippen LogP contribution in [-0.4, -0.2) is 44.6 Å². The lowest BCUT2D eigenvalue weighted by atomic mass is 10.1. The fourth-order valence-electron chi connectivity index (χ4n) is 3.45. The van der Waals surface area contributed by atoms with Crippen molar-refractivity contribution in [1.29, 1.82) is 0 Å². The molecule has 4 rings (SSSR count). The van der Waals surface area contributed by atoms with Crippen molar-refractivity contribution < 1.29 is 18.0 Å². The zero-order valence-electron chi connectivity index (χ0n) is 20.5. The molecule has 0 saturated heterocycles. The summed E-state index contributed by atoms with van der Waals surface area (Å²) in [4.78, 5) is 23.0. The number of halogens is 3. The highest BCUT2D eigenvalue weighted by Crippen LogP contribution is 2.34. The highest BCUT2D eigenvalue weighted by Gasteiger charge is 2.33. The van der Waals surface area contributed by atoms with Crippen LogP contribution in [0.15, 0.2) is 42.7 Å². The smallest absolute Gasteiger partial charge is 0.308 e. The number of anilines is 2. The molecule has 0 aliphatic rings. The molecule has 0 unspecified atom stereocenters. The van der Waals surface area contributed by atoms with Gasteiger partial charge in [-0.2, -0.15) is 18.3 Å². The Morgan fingerprint density at radius 2 is 1.89 bits per heavy atom. The zero-order valence-corrected chi connectivity index (χ0v) is 21.3. The van der Waals surface area contributed by atoms with E-state index in [-0.39, 0.29) is 28.8 Å². The molecule has 0 saturated carbocycles. The van der Waals surface area contributed by atoms with Gasteiger partial charge in [0, 0.05) is 12.2 Å². The van der Waals surface area contributed by atoms with E-state index in [9.17, 15) is 18.0 Å². The Labute approximate surface area is 215 Å². The first-order valence-electron chi connectivity index (χ1n) is 11.2. The number of alkyl halides is 3. The minimum atomic E-state index is -4.55. The third-order valence-corrected chi connectivity index (χ3v) is 6.00. The highest BCUT2D eigenvalue weighted by atomic mass is 32.1. The number of aromatic nitrogens is 4. The summed E-state index contributed by atoms with van der Waals surface area (Å²) in [5.74, 6) is 6.25. The molecule has 0 aliphatic heterocycles. The number of thiazole rings is 1. The van der Waals surface area contributed by atoms with E-state index in [1.807, 2.05) is 26.0 Å². The Balaban J connectivity index is 1.45. The van der Waals surface area contributed by atoms with Crippen LogP contribution in [0.3, 0.4) is 0 Å². The van der Waals surface area contributed by atoms with Crippen LogP contribution in [0.2, 0.25) is 0 Å². The van der Waals surface area contributed by atoms with Gasteiger partial charge < -0.3 is 10.2 Å². The summed E-state index contributed by atoms with van der Waals surface area (Å²) in [6, 6.07) is 6.81. The molecule has 8 nitrogen and oxygen atoms in total. The second-order valence-corrected chi connectivity index (χ2v) is 9.82. The standard InChI is InChI=1S/C25H24F3N7OS/c1-15(2)21-9-10-22-29-12-18(35(22)33-21)7-8-19-13-30-24(37-19)32-23(36)31-17-6-5-16(14-34(3)4)20(11-17)25(26,27)28/h5-6,9-13,15H,14H2,1-4H3,(H2,30,31,32,36). The molecule has 2 amide bonds. The number of nitrogens with zero attached hydrogens (tertiary/aromatic N) is 5. The largest absolute Gasteiger partial charge is 0.416 e. The Bertz CT molecular complexity index is 1500. The van der Waals surface area contributed by atoms with E-state index in [1.165, 1.54) is 18.3 Å². The minimum Gasteiger partial charge on any atom is -0.308 e. The van der Waals surface area contributed by atoms with E-state index in [2.05, 4.69) is 37.5 Å². The third kappa shape index (κ3) is 6.44. The molecule has 2 N–H and O–H groups in total. The van der Waals surface area contributed by atoms with Crippen LogP contribution in [0, 0.1) is 11.8 Å². The van der Waals surface area contributed by atoms with Gasteiger partial charge in [0.2, 0.25) is 0 Å². The van der Waals surface area contributed by atoms with Gasteiger partial charge in [-0.15, -0.1) is 0 Å². The lowest BCUT2D eigenvalue weighted by Gasteiger charge is -2.17. The van der Waals surface area contributed by atoms with Crippen LogP contribution in [-0.2, 0) is 12.7 Å². The molecule has 3 aromatic heterocycles. The third-order valence-electron chi connectivity index (χ3n) is 5.17. The van der Waals surface area contributed by atoms with Crippen molar-refractivity contribution in [2.24, 2.45) is 0 Å². The lowest BCUT2D eigenvalue weighted by molar-refractivity contribution is -0.138. The predicted molar refractivity (Wildman–Crippen MR) is 137 cm³/mol. The van der Waals surface area contributed by atoms with Gasteiger partial charge in [0.05, 0.1) is 28.5 Å². The summed E-state index contributed by atoms with van der Waals surface area (Å²) in [5.41, 5.74) is 1.54. The fourth-order valence-corrected chi connectivity index (χ4v) is 4.12. The lowest BCUT2D eigenvalue weighted by Crippen LogP contribution is -2.21. The Morgan fingerprint density at radius 3 is 2.59 bits per heavy atom. The SMILES string of the molecule is CC(C)c1ccc2ncc(C#Cc3cnc(NC(=O)Nc4ccc(CN(C)C)c(C(F)(F)F)c4)s3)n2n1. The number of rotatable bonds is 5. The molecule has 0 bridgehead atoms. The van der Waals surface area contributed by atoms with Gasteiger partial charge >= 0.3 is 12.2 Å². The summed E-state index contributed by atoms with van der Waals surface area (Å²) >= 11 is 1.13. The number of fused-ring (bicyclic) bond motifs is 1. The number of amides is 2. The summed E-state index contributed by atoms with van der Waals surface area (Å²) in [5, 5.41) is 9.78. The molecule has 3 heterocycles. The number of benzene rings is 1. The van der Waals surface area contributed by atoms with E-state index in [4.69, 9.17) is 0 Å². The normalized spacial score (nSPS) is 11.6. The van der Waals surface area contributed by atoms with Gasteiger partial charge in [0.25, 0.3) is 0 Å². The monoisotopic (exact) mass is 527 g/mol. The van der Waals surface area contributed by atoms with E-state index in [1.54, 1.807) is 29.7 Å². The van der Waals surface area contributed by atoms with Gasteiger partial charge in [0.15, 0.2) is 10.8 Å². The molecule has 4 aromatic rings. The van der Waals surface area contributed by atoms with Gasteiger partial charge in [-0.05, 0) is 61.7 Å². The first-order chi connectivity index (χ1) is 17.5. The van der Waals surface area contributed by atoms with Crippen LogP contribution >= 0.6 is 11.3 Å². The average Bonchev–Trinajstić information content (AvgIpc) is 3.43. The second-order valence-electron chi connectivity index (χ2n) is 8.79. The van der Waals surface area contributed by atoms with Gasteiger partial charge in [-0.1, -0.05) is 31.3 Å². The Kier molecular flexibility index (Phi) is 7.47. The van der Waals surface area contributed by atoms with Crippen molar-refractivity contribution in [2.45, 2.75) is 32.5 Å². The number of carbonyl (C=O) groups excluding carboxylic acids is 1. The second kappa shape index (κ2) is 10.6. The van der Waals surface area contributed by atoms with E-state index < -0.39 is 17.8 Å². The number of carbonyl (C=O) groups is 1. The van der Waals surface area contributed by atoms with Gasteiger partial charge in [0.1, 0.15) is 5.69 Å². The van der Waals surface area contributed by atoms with Crippen molar-refractivity contribution in [2.75, 3.05) is 24.7 Å². The maximum absolute atomic E-state index is 13.5.